The van der Waals surface area contributed by atoms with Crippen LogP contribution in [0.3, 0.4) is 0 Å². The normalized spacial score (nSPS) is 21.3. The van der Waals surface area contributed by atoms with E-state index in [1.165, 1.54) is 0 Å². The lowest BCUT2D eigenvalue weighted by Crippen LogP contribution is -2.29. The van der Waals surface area contributed by atoms with Gasteiger partial charge >= 0.3 is 0 Å². The number of carbonyl (C=O) groups is 1. The number of aromatic nitrogens is 3. The predicted octanol–water partition coefficient (Wildman–Crippen LogP) is 1.83. The number of pyridine rings is 1. The third-order valence-electron chi connectivity index (χ3n) is 5.37. The molecule has 2 aliphatic rings. The molecule has 1 aliphatic carbocycles. The highest BCUT2D eigenvalue weighted by Gasteiger charge is 2.36. The minimum Gasteiger partial charge on any atom is -0.340 e. The van der Waals surface area contributed by atoms with E-state index in [0.29, 0.717) is 24.6 Å². The van der Waals surface area contributed by atoms with E-state index in [1.54, 1.807) is 24.3 Å². The van der Waals surface area contributed by atoms with Crippen LogP contribution >= 0.6 is 0 Å². The van der Waals surface area contributed by atoms with Crippen molar-refractivity contribution < 1.29 is 13.2 Å². The van der Waals surface area contributed by atoms with Crippen LogP contribution in [0.15, 0.2) is 30.6 Å². The number of likely N-dealkylation sites (N-methyl/N-ethyl adjacent to an activating group) is 1. The quantitative estimate of drug-likeness (QED) is 0.754. The number of hydrogen-bond donors (Lipinski definition) is 0. The molecule has 8 heteroatoms. The number of nitrogens with zero attached hydrogens (tertiary/aromatic N) is 4. The average Bonchev–Trinajstić information content (AvgIpc) is 3.31. The van der Waals surface area contributed by atoms with Gasteiger partial charge in [-0.2, -0.15) is 5.10 Å². The summed E-state index contributed by atoms with van der Waals surface area (Å²) < 4.78 is 25.5. The Labute approximate surface area is 159 Å². The van der Waals surface area contributed by atoms with Crippen molar-refractivity contribution in [2.75, 3.05) is 25.1 Å². The van der Waals surface area contributed by atoms with E-state index in [9.17, 15) is 13.2 Å². The predicted molar refractivity (Wildman–Crippen MR) is 101 cm³/mol. The number of hydrogen-bond acceptors (Lipinski definition) is 5. The van der Waals surface area contributed by atoms with Gasteiger partial charge in [0.05, 0.1) is 17.5 Å². The molecule has 1 amide bonds. The molecule has 7 nitrogen and oxygen atoms in total. The number of carbonyl (C=O) groups excluding carboxylic acids is 1. The Hall–Kier alpha value is -2.22. The van der Waals surface area contributed by atoms with Crippen molar-refractivity contribution in [3.05, 3.63) is 47.5 Å². The summed E-state index contributed by atoms with van der Waals surface area (Å²) in [6.07, 6.45) is 6.98. The van der Waals surface area contributed by atoms with Gasteiger partial charge in [0.2, 0.25) is 0 Å². The first-order valence-electron chi connectivity index (χ1n) is 9.37. The molecule has 2 aromatic heterocycles. The van der Waals surface area contributed by atoms with Crippen LogP contribution in [0.5, 0.6) is 0 Å². The van der Waals surface area contributed by atoms with Crippen LogP contribution < -0.4 is 0 Å². The summed E-state index contributed by atoms with van der Waals surface area (Å²) >= 11 is 0. The van der Waals surface area contributed by atoms with Crippen LogP contribution in [0, 0.1) is 0 Å². The summed E-state index contributed by atoms with van der Waals surface area (Å²) in [4.78, 5) is 18.5. The van der Waals surface area contributed by atoms with Crippen LogP contribution in [-0.4, -0.2) is 59.1 Å². The van der Waals surface area contributed by atoms with Crippen molar-refractivity contribution in [3.8, 4) is 0 Å². The highest BCUT2D eigenvalue weighted by molar-refractivity contribution is 7.91. The van der Waals surface area contributed by atoms with Gasteiger partial charge in [0.15, 0.2) is 15.5 Å². The molecule has 2 aromatic rings. The van der Waals surface area contributed by atoms with Gasteiger partial charge in [-0.3, -0.25) is 14.5 Å². The van der Waals surface area contributed by atoms with Gasteiger partial charge in [0.25, 0.3) is 5.91 Å². The molecule has 144 valence electrons. The molecular weight excluding hydrogens is 364 g/mol. The molecule has 1 saturated carbocycles. The van der Waals surface area contributed by atoms with Gasteiger partial charge in [0.1, 0.15) is 0 Å². The second-order valence-corrected chi connectivity index (χ2v) is 9.79. The monoisotopic (exact) mass is 388 g/mol. The Morgan fingerprint density at radius 3 is 2.63 bits per heavy atom. The fraction of sp³-hybridized carbons (Fsp3) is 0.526. The molecule has 27 heavy (non-hydrogen) atoms. The Morgan fingerprint density at radius 2 is 2.00 bits per heavy atom. The van der Waals surface area contributed by atoms with Crippen LogP contribution in [0.25, 0.3) is 0 Å². The number of sulfone groups is 1. The van der Waals surface area contributed by atoms with E-state index in [0.717, 1.165) is 30.5 Å². The zero-order chi connectivity index (χ0) is 19.0. The molecule has 0 bridgehead atoms. The van der Waals surface area contributed by atoms with Gasteiger partial charge < -0.3 is 4.90 Å². The molecule has 1 unspecified atom stereocenters. The van der Waals surface area contributed by atoms with E-state index in [4.69, 9.17) is 0 Å². The van der Waals surface area contributed by atoms with Crippen molar-refractivity contribution in [2.24, 2.45) is 0 Å². The molecule has 4 rings (SSSR count). The smallest absolute Gasteiger partial charge is 0.274 e. The van der Waals surface area contributed by atoms with Crippen molar-refractivity contribution in [2.45, 2.75) is 37.6 Å². The zero-order valence-corrected chi connectivity index (χ0v) is 16.2. The lowest BCUT2D eigenvalue weighted by atomic mass is 10.2. The molecule has 1 atom stereocenters. The Kier molecular flexibility index (Phi) is 4.75. The van der Waals surface area contributed by atoms with E-state index in [2.05, 4.69) is 10.1 Å². The molecule has 1 aliphatic heterocycles. The van der Waals surface area contributed by atoms with Crippen molar-refractivity contribution in [1.82, 2.24) is 19.7 Å². The third-order valence-corrected chi connectivity index (χ3v) is 7.12. The zero-order valence-electron chi connectivity index (χ0n) is 15.4. The maximum Gasteiger partial charge on any atom is 0.274 e. The lowest BCUT2D eigenvalue weighted by molar-refractivity contribution is 0.0789. The molecule has 0 spiro atoms. The molecule has 0 aromatic carbocycles. The minimum absolute atomic E-state index is 0.120. The molecule has 2 fully saturated rings. The van der Waals surface area contributed by atoms with Gasteiger partial charge in [-0.25, -0.2) is 8.42 Å². The van der Waals surface area contributed by atoms with Crippen molar-refractivity contribution in [3.63, 3.8) is 0 Å². The van der Waals surface area contributed by atoms with Crippen LogP contribution in [0.2, 0.25) is 0 Å². The summed E-state index contributed by atoms with van der Waals surface area (Å²) in [5.74, 6) is 0.617. The average molecular weight is 388 g/mol. The SMILES string of the molecule is CN(CCc1ccncc1)C(=O)c1cc(C2CC2)n(C2CCS(=O)(=O)C2)n1. The highest BCUT2D eigenvalue weighted by Crippen LogP contribution is 2.42. The molecular formula is C19H24N4O3S. The Morgan fingerprint density at radius 1 is 1.26 bits per heavy atom. The summed E-state index contributed by atoms with van der Waals surface area (Å²) in [5.41, 5.74) is 2.56. The van der Waals surface area contributed by atoms with Crippen LogP contribution in [-0.2, 0) is 16.3 Å². The summed E-state index contributed by atoms with van der Waals surface area (Å²) in [6.45, 7) is 0.590. The van der Waals surface area contributed by atoms with Gasteiger partial charge in [-0.15, -0.1) is 0 Å². The second-order valence-electron chi connectivity index (χ2n) is 7.56. The van der Waals surface area contributed by atoms with Gasteiger partial charge in [-0.05, 0) is 49.4 Å². The van der Waals surface area contributed by atoms with Crippen molar-refractivity contribution in [1.29, 1.82) is 0 Å². The fourth-order valence-corrected chi connectivity index (χ4v) is 5.29. The molecule has 0 N–H and O–H groups in total. The van der Waals surface area contributed by atoms with Crippen LogP contribution in [0.1, 0.15) is 53.0 Å². The van der Waals surface area contributed by atoms with E-state index in [-0.39, 0.29) is 23.5 Å². The van der Waals surface area contributed by atoms with Crippen molar-refractivity contribution >= 4 is 15.7 Å². The number of rotatable bonds is 6. The maximum atomic E-state index is 12.8. The second kappa shape index (κ2) is 7.07. The lowest BCUT2D eigenvalue weighted by Gasteiger charge is -2.16. The topological polar surface area (TPSA) is 85.2 Å². The first-order chi connectivity index (χ1) is 12.9. The maximum absolute atomic E-state index is 12.8. The molecule has 1 saturated heterocycles. The van der Waals surface area contributed by atoms with E-state index in [1.807, 2.05) is 22.9 Å². The fourth-order valence-electron chi connectivity index (χ4n) is 3.60. The minimum atomic E-state index is -2.99. The Bertz CT molecular complexity index is 935. The number of amides is 1. The Balaban J connectivity index is 1.49. The highest BCUT2D eigenvalue weighted by atomic mass is 32.2. The summed E-state index contributed by atoms with van der Waals surface area (Å²) in [7, 11) is -1.22. The first-order valence-corrected chi connectivity index (χ1v) is 11.2. The largest absolute Gasteiger partial charge is 0.340 e. The van der Waals surface area contributed by atoms with E-state index < -0.39 is 9.84 Å². The first kappa shape index (κ1) is 18.2. The molecule has 0 radical (unpaired) electrons. The van der Waals surface area contributed by atoms with Crippen LogP contribution in [0.4, 0.5) is 0 Å². The summed E-state index contributed by atoms with van der Waals surface area (Å²) in [6, 6.07) is 5.61. The summed E-state index contributed by atoms with van der Waals surface area (Å²) in [5, 5.41) is 4.55. The van der Waals surface area contributed by atoms with Gasteiger partial charge in [-0.1, -0.05) is 0 Å². The standard InChI is InChI=1S/C19H24N4O3S/c1-22(10-6-14-4-8-20-9-5-14)19(24)17-12-18(15-2-3-15)23(21-17)16-7-11-27(25,26)13-16/h4-5,8-9,12,15-16H,2-3,6-7,10-11,13H2,1H3. The van der Waals surface area contributed by atoms with Gasteiger partial charge in [0, 0.05) is 37.6 Å². The van der Waals surface area contributed by atoms with E-state index >= 15 is 0 Å². The molecule has 3 heterocycles. The third kappa shape index (κ3) is 4.05.